The lowest BCUT2D eigenvalue weighted by molar-refractivity contribution is -0.119. The summed E-state index contributed by atoms with van der Waals surface area (Å²) in [7, 11) is 1.91. The van der Waals surface area contributed by atoms with Crippen LogP contribution in [0.25, 0.3) is 0 Å². The number of carbonyl (C=O) groups excluding carboxylic acids is 1. The van der Waals surface area contributed by atoms with E-state index in [-0.39, 0.29) is 17.5 Å². The molecule has 0 aromatic heterocycles. The van der Waals surface area contributed by atoms with Crippen LogP contribution >= 0.6 is 0 Å². The first-order valence-electron chi connectivity index (χ1n) is 5.80. The fourth-order valence-electron chi connectivity index (χ4n) is 2.38. The number of rotatable bonds is 1. The van der Waals surface area contributed by atoms with Crippen molar-refractivity contribution in [1.29, 1.82) is 0 Å². The molecular formula is C13H19N3O. The van der Waals surface area contributed by atoms with Crippen LogP contribution in [-0.4, -0.2) is 24.5 Å². The molecule has 1 heterocycles. The van der Waals surface area contributed by atoms with E-state index in [0.29, 0.717) is 6.42 Å². The Morgan fingerprint density at radius 3 is 2.76 bits per heavy atom. The van der Waals surface area contributed by atoms with Crippen LogP contribution in [0.3, 0.4) is 0 Å². The first kappa shape index (κ1) is 11.8. The summed E-state index contributed by atoms with van der Waals surface area (Å²) in [5.74, 6) is -0.279. The zero-order valence-corrected chi connectivity index (χ0v) is 10.5. The van der Waals surface area contributed by atoms with Gasteiger partial charge in [0.05, 0.1) is 11.4 Å². The van der Waals surface area contributed by atoms with E-state index in [2.05, 4.69) is 19.2 Å². The van der Waals surface area contributed by atoms with Gasteiger partial charge in [-0.2, -0.15) is 0 Å². The SMILES string of the molecule is CN1c2ccccc2NC(C)(C)CC1C(N)=O. The predicted octanol–water partition coefficient (Wildman–Crippen LogP) is 1.57. The van der Waals surface area contributed by atoms with E-state index in [4.69, 9.17) is 5.73 Å². The van der Waals surface area contributed by atoms with E-state index < -0.39 is 0 Å². The van der Waals surface area contributed by atoms with E-state index >= 15 is 0 Å². The molecule has 92 valence electrons. The molecule has 1 aliphatic heterocycles. The number of carbonyl (C=O) groups is 1. The number of nitrogens with zero attached hydrogens (tertiary/aromatic N) is 1. The lowest BCUT2D eigenvalue weighted by Gasteiger charge is -2.29. The van der Waals surface area contributed by atoms with Crippen LogP contribution in [0.5, 0.6) is 0 Å². The molecule has 1 aliphatic rings. The molecule has 0 radical (unpaired) electrons. The molecule has 17 heavy (non-hydrogen) atoms. The summed E-state index contributed by atoms with van der Waals surface area (Å²) in [6.07, 6.45) is 0.688. The van der Waals surface area contributed by atoms with Crippen LogP contribution in [0.15, 0.2) is 24.3 Å². The lowest BCUT2D eigenvalue weighted by atomic mass is 9.95. The van der Waals surface area contributed by atoms with Gasteiger partial charge in [0.15, 0.2) is 0 Å². The lowest BCUT2D eigenvalue weighted by Crippen LogP contribution is -2.46. The highest BCUT2D eigenvalue weighted by molar-refractivity contribution is 5.86. The summed E-state index contributed by atoms with van der Waals surface area (Å²) in [4.78, 5) is 13.5. The van der Waals surface area contributed by atoms with Crippen molar-refractivity contribution >= 4 is 17.3 Å². The minimum atomic E-state index is -0.279. The van der Waals surface area contributed by atoms with Crippen molar-refractivity contribution in [3.8, 4) is 0 Å². The number of amides is 1. The molecule has 2 rings (SSSR count). The molecule has 0 bridgehead atoms. The van der Waals surface area contributed by atoms with Crippen LogP contribution in [0.4, 0.5) is 11.4 Å². The molecule has 0 spiro atoms. The van der Waals surface area contributed by atoms with Crippen LogP contribution in [0.1, 0.15) is 20.3 Å². The molecule has 1 atom stereocenters. The average Bonchev–Trinajstić information content (AvgIpc) is 2.34. The summed E-state index contributed by atoms with van der Waals surface area (Å²) in [5, 5.41) is 3.46. The zero-order chi connectivity index (χ0) is 12.6. The molecular weight excluding hydrogens is 214 g/mol. The van der Waals surface area contributed by atoms with Gasteiger partial charge in [-0.3, -0.25) is 4.79 Å². The summed E-state index contributed by atoms with van der Waals surface area (Å²) in [5.41, 5.74) is 7.41. The summed E-state index contributed by atoms with van der Waals surface area (Å²) >= 11 is 0. The minimum Gasteiger partial charge on any atom is -0.378 e. The number of nitrogens with two attached hydrogens (primary N) is 1. The number of benzene rings is 1. The van der Waals surface area contributed by atoms with Gasteiger partial charge in [0.1, 0.15) is 6.04 Å². The highest BCUT2D eigenvalue weighted by Gasteiger charge is 2.34. The Morgan fingerprint density at radius 2 is 2.12 bits per heavy atom. The van der Waals surface area contributed by atoms with Gasteiger partial charge in [0.2, 0.25) is 5.91 Å². The Morgan fingerprint density at radius 1 is 1.47 bits per heavy atom. The first-order chi connectivity index (χ1) is 7.91. The number of hydrogen-bond acceptors (Lipinski definition) is 3. The second-order valence-electron chi connectivity index (χ2n) is 5.26. The van der Waals surface area contributed by atoms with Crippen LogP contribution < -0.4 is 16.0 Å². The molecule has 0 aliphatic carbocycles. The number of anilines is 2. The Hall–Kier alpha value is -1.71. The molecule has 1 amide bonds. The molecule has 0 saturated heterocycles. The second-order valence-corrected chi connectivity index (χ2v) is 5.26. The molecule has 0 saturated carbocycles. The maximum atomic E-state index is 11.6. The molecule has 4 heteroatoms. The van der Waals surface area contributed by atoms with Crippen molar-refractivity contribution in [2.45, 2.75) is 31.8 Å². The van der Waals surface area contributed by atoms with Crippen molar-refractivity contribution in [3.63, 3.8) is 0 Å². The van der Waals surface area contributed by atoms with E-state index in [9.17, 15) is 4.79 Å². The van der Waals surface area contributed by atoms with E-state index in [1.54, 1.807) is 0 Å². The van der Waals surface area contributed by atoms with Crippen LogP contribution in [-0.2, 0) is 4.79 Å². The van der Waals surface area contributed by atoms with Gasteiger partial charge in [0.25, 0.3) is 0 Å². The highest BCUT2D eigenvalue weighted by atomic mass is 16.1. The van der Waals surface area contributed by atoms with Gasteiger partial charge in [-0.15, -0.1) is 0 Å². The van der Waals surface area contributed by atoms with Crippen molar-refractivity contribution in [2.24, 2.45) is 5.73 Å². The van der Waals surface area contributed by atoms with Gasteiger partial charge in [0, 0.05) is 12.6 Å². The third-order valence-corrected chi connectivity index (χ3v) is 3.26. The van der Waals surface area contributed by atoms with Gasteiger partial charge < -0.3 is 16.0 Å². The number of primary amides is 1. The van der Waals surface area contributed by atoms with Gasteiger partial charge in [-0.1, -0.05) is 12.1 Å². The average molecular weight is 233 g/mol. The smallest absolute Gasteiger partial charge is 0.240 e. The highest BCUT2D eigenvalue weighted by Crippen LogP contribution is 2.34. The molecule has 1 aromatic carbocycles. The second kappa shape index (κ2) is 3.95. The molecule has 3 N–H and O–H groups in total. The molecule has 1 aromatic rings. The fraction of sp³-hybridized carbons (Fsp3) is 0.462. The van der Waals surface area contributed by atoms with Crippen LogP contribution in [0.2, 0.25) is 0 Å². The van der Waals surface area contributed by atoms with Gasteiger partial charge in [-0.05, 0) is 32.4 Å². The Labute approximate surface area is 102 Å². The predicted molar refractivity (Wildman–Crippen MR) is 70.1 cm³/mol. The first-order valence-corrected chi connectivity index (χ1v) is 5.80. The number of nitrogens with one attached hydrogen (secondary N) is 1. The fourth-order valence-corrected chi connectivity index (χ4v) is 2.38. The van der Waals surface area contributed by atoms with Crippen molar-refractivity contribution in [2.75, 3.05) is 17.3 Å². The largest absolute Gasteiger partial charge is 0.378 e. The molecule has 4 nitrogen and oxygen atoms in total. The Kier molecular flexibility index (Phi) is 2.73. The summed E-state index contributed by atoms with van der Waals surface area (Å²) in [6, 6.07) is 7.70. The third-order valence-electron chi connectivity index (χ3n) is 3.26. The quantitative estimate of drug-likeness (QED) is 0.774. The minimum absolute atomic E-state index is 0.152. The number of likely N-dealkylation sites (N-methyl/N-ethyl adjacent to an activating group) is 1. The van der Waals surface area contributed by atoms with E-state index in [0.717, 1.165) is 11.4 Å². The molecule has 0 fully saturated rings. The van der Waals surface area contributed by atoms with E-state index in [1.807, 2.05) is 36.2 Å². The Bertz CT molecular complexity index is 442. The maximum Gasteiger partial charge on any atom is 0.240 e. The maximum absolute atomic E-state index is 11.6. The third kappa shape index (κ3) is 2.20. The number of para-hydroxylation sites is 2. The van der Waals surface area contributed by atoms with Gasteiger partial charge >= 0.3 is 0 Å². The summed E-state index contributed by atoms with van der Waals surface area (Å²) in [6.45, 7) is 4.16. The van der Waals surface area contributed by atoms with Crippen molar-refractivity contribution in [1.82, 2.24) is 0 Å². The van der Waals surface area contributed by atoms with E-state index in [1.165, 1.54) is 0 Å². The van der Waals surface area contributed by atoms with Crippen molar-refractivity contribution in [3.05, 3.63) is 24.3 Å². The number of fused-ring (bicyclic) bond motifs is 1. The summed E-state index contributed by atoms with van der Waals surface area (Å²) < 4.78 is 0. The number of hydrogen-bond donors (Lipinski definition) is 2. The standard InChI is InChI=1S/C13H19N3O/c1-13(2)8-11(12(14)17)16(3)10-7-5-4-6-9(10)15-13/h4-7,11,15H,8H2,1-3H3,(H2,14,17). The zero-order valence-electron chi connectivity index (χ0n) is 10.5. The molecule has 1 unspecified atom stereocenters. The Balaban J connectivity index is 2.49. The topological polar surface area (TPSA) is 58.4 Å². The normalized spacial score (nSPS) is 22.3. The van der Waals surface area contributed by atoms with Gasteiger partial charge in [-0.25, -0.2) is 0 Å². The van der Waals surface area contributed by atoms with Crippen LogP contribution in [0, 0.1) is 0 Å². The van der Waals surface area contributed by atoms with Crippen molar-refractivity contribution < 1.29 is 4.79 Å². The monoisotopic (exact) mass is 233 g/mol.